The molecule has 36 heavy (non-hydrogen) atoms. The van der Waals surface area contributed by atoms with Gasteiger partial charge in [0.05, 0.1) is 30.1 Å². The predicted molar refractivity (Wildman–Crippen MR) is 130 cm³/mol. The summed E-state index contributed by atoms with van der Waals surface area (Å²) in [5.41, 5.74) is 3.38. The van der Waals surface area contributed by atoms with E-state index in [2.05, 4.69) is 21.7 Å². The van der Waals surface area contributed by atoms with Crippen LogP contribution >= 0.6 is 0 Å². The molecule has 2 N–H and O–H groups in total. The van der Waals surface area contributed by atoms with E-state index in [0.29, 0.717) is 41.9 Å². The van der Waals surface area contributed by atoms with Gasteiger partial charge in [-0.1, -0.05) is 18.2 Å². The van der Waals surface area contributed by atoms with Gasteiger partial charge in [0.1, 0.15) is 11.6 Å². The van der Waals surface area contributed by atoms with Crippen molar-refractivity contribution in [1.29, 1.82) is 5.26 Å². The summed E-state index contributed by atoms with van der Waals surface area (Å²) in [6, 6.07) is 14.9. The first-order valence-corrected chi connectivity index (χ1v) is 11.6. The first-order valence-electron chi connectivity index (χ1n) is 11.6. The highest BCUT2D eigenvalue weighted by Gasteiger charge is 2.25. The zero-order valence-electron chi connectivity index (χ0n) is 19.7. The summed E-state index contributed by atoms with van der Waals surface area (Å²) >= 11 is 0. The number of piperidine rings is 1. The Kier molecular flexibility index (Phi) is 7.54. The molecule has 0 spiro atoms. The minimum atomic E-state index is -0.845. The van der Waals surface area contributed by atoms with Gasteiger partial charge < -0.3 is 15.5 Å². The maximum absolute atomic E-state index is 13.7. The van der Waals surface area contributed by atoms with Crippen molar-refractivity contribution in [2.24, 2.45) is 0 Å². The summed E-state index contributed by atoms with van der Waals surface area (Å²) in [5.74, 6) is -1.42. The third-order valence-electron chi connectivity index (χ3n) is 6.33. The number of aryl methyl sites for hydroxylation is 1. The molecule has 3 amide bonds. The van der Waals surface area contributed by atoms with Gasteiger partial charge in [-0.15, -0.1) is 0 Å². The molecule has 0 radical (unpaired) electrons. The summed E-state index contributed by atoms with van der Waals surface area (Å²) in [5, 5.41) is 14.1. The highest BCUT2D eigenvalue weighted by molar-refractivity contribution is 5.97. The number of benzene rings is 2. The fourth-order valence-electron chi connectivity index (χ4n) is 4.22. The van der Waals surface area contributed by atoms with Gasteiger partial charge in [0.25, 0.3) is 5.91 Å². The third-order valence-corrected chi connectivity index (χ3v) is 6.33. The van der Waals surface area contributed by atoms with Crippen molar-refractivity contribution in [3.63, 3.8) is 0 Å². The number of hydrogen-bond donors (Lipinski definition) is 2. The number of carbonyl (C=O) groups is 2. The Morgan fingerprint density at radius 1 is 1.11 bits per heavy atom. The Balaban J connectivity index is 1.35. The van der Waals surface area contributed by atoms with Gasteiger partial charge in [-0.2, -0.15) is 5.26 Å². The molecule has 0 atom stereocenters. The molecule has 0 saturated carbocycles. The van der Waals surface area contributed by atoms with Crippen LogP contribution in [0, 0.1) is 29.9 Å². The normalized spacial score (nSPS) is 13.7. The number of halogens is 2. The number of pyridine rings is 1. The van der Waals surface area contributed by atoms with Gasteiger partial charge >= 0.3 is 6.03 Å². The second-order valence-corrected chi connectivity index (χ2v) is 8.72. The SMILES string of the molecule is Cc1ccc(C(=O)N2CCC(c3ccc(C#N)cc3)CC2)cc1NC(=O)NCc1ncc(F)cc1F. The molecule has 184 valence electrons. The van der Waals surface area contributed by atoms with Crippen LogP contribution in [0.1, 0.15) is 51.5 Å². The van der Waals surface area contributed by atoms with Gasteiger partial charge in [0.2, 0.25) is 0 Å². The van der Waals surface area contributed by atoms with Crippen molar-refractivity contribution in [2.75, 3.05) is 18.4 Å². The molecule has 1 aromatic heterocycles. The van der Waals surface area contributed by atoms with Crippen molar-refractivity contribution in [3.05, 3.63) is 94.3 Å². The van der Waals surface area contributed by atoms with Crippen molar-refractivity contribution in [2.45, 2.75) is 32.2 Å². The van der Waals surface area contributed by atoms with E-state index in [4.69, 9.17) is 5.26 Å². The number of amides is 3. The van der Waals surface area contributed by atoms with Crippen LogP contribution in [0.15, 0.2) is 54.7 Å². The zero-order chi connectivity index (χ0) is 25.7. The van der Waals surface area contributed by atoms with Crippen LogP contribution in [0.3, 0.4) is 0 Å². The molecule has 7 nitrogen and oxygen atoms in total. The molecule has 1 aliphatic rings. The van der Waals surface area contributed by atoms with E-state index >= 15 is 0 Å². The Labute approximate surface area is 207 Å². The Bertz CT molecular complexity index is 1310. The standard InChI is InChI=1S/C27H25F2N5O2/c1-17-2-5-21(12-24(17)33-27(36)32-16-25-23(29)13-22(28)15-31-25)26(35)34-10-8-20(9-11-34)19-6-3-18(14-30)4-7-19/h2-7,12-13,15,20H,8-11,16H2,1H3,(H2,32,33,36). The summed E-state index contributed by atoms with van der Waals surface area (Å²) in [6.45, 7) is 2.80. The third kappa shape index (κ3) is 5.84. The van der Waals surface area contributed by atoms with E-state index in [1.54, 1.807) is 30.0 Å². The first-order chi connectivity index (χ1) is 17.3. The van der Waals surface area contributed by atoms with E-state index < -0.39 is 17.7 Å². The van der Waals surface area contributed by atoms with Gasteiger partial charge in [-0.25, -0.2) is 13.6 Å². The van der Waals surface area contributed by atoms with Crippen LogP contribution in [-0.4, -0.2) is 34.9 Å². The summed E-state index contributed by atoms with van der Waals surface area (Å²) < 4.78 is 26.7. The molecule has 2 heterocycles. The van der Waals surface area contributed by atoms with E-state index in [-0.39, 0.29) is 18.1 Å². The number of aromatic nitrogens is 1. The number of carbonyl (C=O) groups excluding carboxylic acids is 2. The average molecular weight is 490 g/mol. The number of rotatable bonds is 5. The lowest BCUT2D eigenvalue weighted by atomic mass is 9.89. The van der Waals surface area contributed by atoms with Crippen LogP contribution in [0.5, 0.6) is 0 Å². The van der Waals surface area contributed by atoms with E-state index in [0.717, 1.165) is 24.6 Å². The average Bonchev–Trinajstić information content (AvgIpc) is 2.89. The molecule has 4 rings (SSSR count). The molecule has 0 bridgehead atoms. The molecule has 0 unspecified atom stereocenters. The van der Waals surface area contributed by atoms with Crippen LogP contribution in [0.25, 0.3) is 0 Å². The predicted octanol–water partition coefficient (Wildman–Crippen LogP) is 4.88. The highest BCUT2D eigenvalue weighted by atomic mass is 19.1. The van der Waals surface area contributed by atoms with Gasteiger partial charge in [0, 0.05) is 30.4 Å². The van der Waals surface area contributed by atoms with Crippen molar-refractivity contribution in [1.82, 2.24) is 15.2 Å². The Morgan fingerprint density at radius 3 is 2.50 bits per heavy atom. The lowest BCUT2D eigenvalue weighted by Gasteiger charge is -2.32. The van der Waals surface area contributed by atoms with E-state index in [1.807, 2.05) is 24.3 Å². The number of nitrogens with one attached hydrogen (secondary N) is 2. The molecule has 9 heteroatoms. The monoisotopic (exact) mass is 489 g/mol. The molecule has 1 aliphatic heterocycles. The lowest BCUT2D eigenvalue weighted by molar-refractivity contribution is 0.0713. The Hall–Kier alpha value is -4.32. The molecule has 1 saturated heterocycles. The quantitative estimate of drug-likeness (QED) is 0.534. The zero-order valence-corrected chi connectivity index (χ0v) is 19.7. The maximum Gasteiger partial charge on any atom is 0.319 e. The number of anilines is 1. The van der Waals surface area contributed by atoms with Gasteiger partial charge in [-0.3, -0.25) is 9.78 Å². The lowest BCUT2D eigenvalue weighted by Crippen LogP contribution is -2.38. The number of likely N-dealkylation sites (tertiary alicyclic amines) is 1. The van der Waals surface area contributed by atoms with E-state index in [1.165, 1.54) is 5.56 Å². The van der Waals surface area contributed by atoms with E-state index in [9.17, 15) is 18.4 Å². The first kappa shape index (κ1) is 24.8. The molecular formula is C27H25F2N5O2. The fraction of sp³-hybridized carbons (Fsp3) is 0.259. The summed E-state index contributed by atoms with van der Waals surface area (Å²) in [7, 11) is 0. The topological polar surface area (TPSA) is 98.1 Å². The largest absolute Gasteiger partial charge is 0.339 e. The minimum absolute atomic E-state index is 0.0865. The van der Waals surface area contributed by atoms with Crippen molar-refractivity contribution < 1.29 is 18.4 Å². The van der Waals surface area contributed by atoms with Gasteiger partial charge in [-0.05, 0) is 61.1 Å². The van der Waals surface area contributed by atoms with Gasteiger partial charge in [0.15, 0.2) is 0 Å². The molecule has 0 aliphatic carbocycles. The number of nitrogens with zero attached hydrogens (tertiary/aromatic N) is 3. The molecular weight excluding hydrogens is 464 g/mol. The van der Waals surface area contributed by atoms with Crippen LogP contribution < -0.4 is 10.6 Å². The van der Waals surface area contributed by atoms with Crippen LogP contribution in [0.2, 0.25) is 0 Å². The number of urea groups is 1. The number of hydrogen-bond acceptors (Lipinski definition) is 4. The number of nitriles is 1. The summed E-state index contributed by atoms with van der Waals surface area (Å²) in [4.78, 5) is 30.9. The Morgan fingerprint density at radius 2 is 1.83 bits per heavy atom. The van der Waals surface area contributed by atoms with Crippen molar-refractivity contribution in [3.8, 4) is 6.07 Å². The summed E-state index contributed by atoms with van der Waals surface area (Å²) in [6.07, 6.45) is 2.53. The molecule has 1 fully saturated rings. The van der Waals surface area contributed by atoms with Crippen LogP contribution in [0.4, 0.5) is 19.3 Å². The fourth-order valence-corrected chi connectivity index (χ4v) is 4.22. The minimum Gasteiger partial charge on any atom is -0.339 e. The van der Waals surface area contributed by atoms with Crippen LogP contribution in [-0.2, 0) is 6.54 Å². The van der Waals surface area contributed by atoms with Crippen molar-refractivity contribution >= 4 is 17.6 Å². The molecule has 3 aromatic rings. The smallest absolute Gasteiger partial charge is 0.319 e. The molecule has 2 aromatic carbocycles. The second-order valence-electron chi connectivity index (χ2n) is 8.72. The highest BCUT2D eigenvalue weighted by Crippen LogP contribution is 2.29. The second kappa shape index (κ2) is 11.0. The maximum atomic E-state index is 13.7.